The molecule has 10 rings (SSSR count). The van der Waals surface area contributed by atoms with Crippen molar-refractivity contribution in [3.05, 3.63) is 175 Å². The van der Waals surface area contributed by atoms with Crippen LogP contribution in [0.5, 0.6) is 0 Å². The molecule has 8 aromatic carbocycles. The standard InChI is InChI=1S/C47H33NO/c1-47(2)41-17-9-7-15-37(41)38-24-22-34(28-42(38)47)48(35-23-25-40-39-16-8-10-18-44(39)49-45(40)29-35)43-26-21-31-12-5-6-14-36(31)46(43)33-20-19-30-11-3-4-13-32(30)27-33/h3-29H,1-2H3. The number of hydrogen-bond donors (Lipinski definition) is 0. The SMILES string of the molecule is CC1(C)c2ccccc2-c2ccc(N(c3ccc4c(c3)oc3ccccc34)c3ccc4ccccc4c3-c3ccc4ccccc4c3)cc21. The van der Waals surface area contributed by atoms with Crippen molar-refractivity contribution in [1.82, 2.24) is 0 Å². The molecule has 0 saturated carbocycles. The average Bonchev–Trinajstić information content (AvgIpc) is 3.63. The second-order valence-corrected chi connectivity index (χ2v) is 13.8. The van der Waals surface area contributed by atoms with Crippen LogP contribution in [0, 0.1) is 0 Å². The Hall–Kier alpha value is -6.12. The number of anilines is 3. The van der Waals surface area contributed by atoms with Gasteiger partial charge in [-0.05, 0) is 91.8 Å². The lowest BCUT2D eigenvalue weighted by atomic mass is 9.82. The lowest BCUT2D eigenvalue weighted by molar-refractivity contribution is 0.660. The van der Waals surface area contributed by atoms with Gasteiger partial charge >= 0.3 is 0 Å². The van der Waals surface area contributed by atoms with Gasteiger partial charge in [0.25, 0.3) is 0 Å². The van der Waals surface area contributed by atoms with E-state index < -0.39 is 0 Å². The van der Waals surface area contributed by atoms with Crippen LogP contribution >= 0.6 is 0 Å². The molecule has 0 saturated heterocycles. The molecule has 2 heteroatoms. The maximum absolute atomic E-state index is 6.47. The van der Waals surface area contributed by atoms with Crippen LogP contribution in [0.3, 0.4) is 0 Å². The van der Waals surface area contributed by atoms with Gasteiger partial charge in [0.15, 0.2) is 0 Å². The minimum Gasteiger partial charge on any atom is -0.456 e. The fourth-order valence-corrected chi connectivity index (χ4v) is 8.21. The molecular weight excluding hydrogens is 595 g/mol. The van der Waals surface area contributed by atoms with Gasteiger partial charge in [-0.15, -0.1) is 0 Å². The molecule has 49 heavy (non-hydrogen) atoms. The normalized spacial score (nSPS) is 13.3. The van der Waals surface area contributed by atoms with Crippen molar-refractivity contribution in [1.29, 1.82) is 0 Å². The van der Waals surface area contributed by atoms with E-state index in [0.717, 1.165) is 39.0 Å². The maximum Gasteiger partial charge on any atom is 0.137 e. The van der Waals surface area contributed by atoms with Crippen LogP contribution in [0.2, 0.25) is 0 Å². The van der Waals surface area contributed by atoms with Crippen LogP contribution in [-0.2, 0) is 5.41 Å². The molecular formula is C47H33NO. The molecule has 0 N–H and O–H groups in total. The van der Waals surface area contributed by atoms with E-state index >= 15 is 0 Å². The summed E-state index contributed by atoms with van der Waals surface area (Å²) in [6.07, 6.45) is 0. The van der Waals surface area contributed by atoms with E-state index in [-0.39, 0.29) is 5.41 Å². The van der Waals surface area contributed by atoms with Gasteiger partial charge in [-0.1, -0.05) is 129 Å². The highest BCUT2D eigenvalue weighted by molar-refractivity contribution is 6.09. The number of fused-ring (bicyclic) bond motifs is 8. The zero-order valence-corrected chi connectivity index (χ0v) is 27.4. The third-order valence-electron chi connectivity index (χ3n) is 10.6. The highest BCUT2D eigenvalue weighted by Crippen LogP contribution is 2.52. The van der Waals surface area contributed by atoms with Gasteiger partial charge in [-0.25, -0.2) is 0 Å². The molecule has 0 aliphatic heterocycles. The molecule has 0 bridgehead atoms. The summed E-state index contributed by atoms with van der Waals surface area (Å²) in [6, 6.07) is 59.6. The Morgan fingerprint density at radius 2 is 1.10 bits per heavy atom. The first-order valence-corrected chi connectivity index (χ1v) is 17.0. The van der Waals surface area contributed by atoms with E-state index in [4.69, 9.17) is 4.42 Å². The van der Waals surface area contributed by atoms with Crippen molar-refractivity contribution in [2.24, 2.45) is 0 Å². The summed E-state index contributed by atoms with van der Waals surface area (Å²) in [7, 11) is 0. The molecule has 232 valence electrons. The Bertz CT molecular complexity index is 2770. The van der Waals surface area contributed by atoms with Gasteiger partial charge in [0, 0.05) is 39.2 Å². The van der Waals surface area contributed by atoms with Gasteiger partial charge in [-0.2, -0.15) is 0 Å². The summed E-state index contributed by atoms with van der Waals surface area (Å²) in [6.45, 7) is 4.70. The number of furan rings is 1. The predicted octanol–water partition coefficient (Wildman–Crippen LogP) is 13.3. The van der Waals surface area contributed by atoms with Gasteiger partial charge < -0.3 is 9.32 Å². The fourth-order valence-electron chi connectivity index (χ4n) is 8.21. The molecule has 0 atom stereocenters. The van der Waals surface area contributed by atoms with E-state index in [2.05, 4.69) is 170 Å². The van der Waals surface area contributed by atoms with Crippen LogP contribution in [0.4, 0.5) is 17.1 Å². The van der Waals surface area contributed by atoms with Crippen molar-refractivity contribution in [2.45, 2.75) is 19.3 Å². The number of para-hydroxylation sites is 1. The summed E-state index contributed by atoms with van der Waals surface area (Å²) < 4.78 is 6.47. The second-order valence-electron chi connectivity index (χ2n) is 13.8. The molecule has 1 heterocycles. The molecule has 0 radical (unpaired) electrons. The van der Waals surface area contributed by atoms with Gasteiger partial charge in [0.05, 0.1) is 5.69 Å². The van der Waals surface area contributed by atoms with Crippen LogP contribution in [0.25, 0.3) is 65.7 Å². The first kappa shape index (κ1) is 27.9. The van der Waals surface area contributed by atoms with Crippen LogP contribution in [0.1, 0.15) is 25.0 Å². The first-order chi connectivity index (χ1) is 24.0. The van der Waals surface area contributed by atoms with E-state index in [1.807, 2.05) is 12.1 Å². The van der Waals surface area contributed by atoms with E-state index in [1.54, 1.807) is 0 Å². The summed E-state index contributed by atoms with van der Waals surface area (Å²) in [4.78, 5) is 2.43. The summed E-state index contributed by atoms with van der Waals surface area (Å²) in [5.41, 5.74) is 12.7. The number of hydrogen-bond acceptors (Lipinski definition) is 2. The first-order valence-electron chi connectivity index (χ1n) is 17.0. The molecule has 9 aromatic rings. The number of benzene rings is 8. The molecule has 0 fully saturated rings. The minimum atomic E-state index is -0.124. The van der Waals surface area contributed by atoms with Crippen molar-refractivity contribution >= 4 is 60.5 Å². The molecule has 1 aromatic heterocycles. The molecule has 2 nitrogen and oxygen atoms in total. The fraction of sp³-hybridized carbons (Fsp3) is 0.0638. The summed E-state index contributed by atoms with van der Waals surface area (Å²) in [5, 5.41) is 7.16. The number of nitrogens with zero attached hydrogens (tertiary/aromatic N) is 1. The molecule has 0 spiro atoms. The topological polar surface area (TPSA) is 16.4 Å². The molecule has 1 aliphatic carbocycles. The lowest BCUT2D eigenvalue weighted by Crippen LogP contribution is -2.17. The minimum absolute atomic E-state index is 0.124. The Labute approximate surface area is 285 Å². The van der Waals surface area contributed by atoms with Crippen LogP contribution in [-0.4, -0.2) is 0 Å². The Morgan fingerprint density at radius 3 is 2.00 bits per heavy atom. The second kappa shape index (κ2) is 10.4. The van der Waals surface area contributed by atoms with Crippen molar-refractivity contribution in [3.63, 3.8) is 0 Å². The predicted molar refractivity (Wildman–Crippen MR) is 206 cm³/mol. The van der Waals surface area contributed by atoms with E-state index in [1.165, 1.54) is 54.9 Å². The lowest BCUT2D eigenvalue weighted by Gasteiger charge is -2.30. The van der Waals surface area contributed by atoms with Gasteiger partial charge in [0.1, 0.15) is 11.2 Å². The Balaban J connectivity index is 1.27. The smallest absolute Gasteiger partial charge is 0.137 e. The summed E-state index contributed by atoms with van der Waals surface area (Å²) in [5.74, 6) is 0. The van der Waals surface area contributed by atoms with Gasteiger partial charge in [0.2, 0.25) is 0 Å². The largest absolute Gasteiger partial charge is 0.456 e. The summed E-state index contributed by atoms with van der Waals surface area (Å²) >= 11 is 0. The highest BCUT2D eigenvalue weighted by atomic mass is 16.3. The monoisotopic (exact) mass is 627 g/mol. The molecule has 0 amide bonds. The van der Waals surface area contributed by atoms with Crippen molar-refractivity contribution in [3.8, 4) is 22.3 Å². The third kappa shape index (κ3) is 4.20. The zero-order valence-electron chi connectivity index (χ0n) is 27.4. The van der Waals surface area contributed by atoms with Gasteiger partial charge in [-0.3, -0.25) is 0 Å². The van der Waals surface area contributed by atoms with Crippen LogP contribution < -0.4 is 4.90 Å². The van der Waals surface area contributed by atoms with Crippen molar-refractivity contribution in [2.75, 3.05) is 4.90 Å². The number of rotatable bonds is 4. The third-order valence-corrected chi connectivity index (χ3v) is 10.6. The Kier molecular flexibility index (Phi) is 5.95. The molecule has 0 unspecified atom stereocenters. The zero-order chi connectivity index (χ0) is 32.7. The Morgan fingerprint density at radius 1 is 0.449 bits per heavy atom. The van der Waals surface area contributed by atoms with Crippen molar-refractivity contribution < 1.29 is 4.42 Å². The maximum atomic E-state index is 6.47. The quantitative estimate of drug-likeness (QED) is 0.193. The van der Waals surface area contributed by atoms with E-state index in [0.29, 0.717) is 0 Å². The van der Waals surface area contributed by atoms with Crippen LogP contribution in [0.15, 0.2) is 168 Å². The van der Waals surface area contributed by atoms with E-state index in [9.17, 15) is 0 Å². The molecule has 1 aliphatic rings. The highest BCUT2D eigenvalue weighted by Gasteiger charge is 2.36. The average molecular weight is 628 g/mol.